The highest BCUT2D eigenvalue weighted by atomic mass is 19.4. The van der Waals surface area contributed by atoms with Crippen molar-refractivity contribution in [3.63, 3.8) is 0 Å². The number of benzene rings is 1. The Morgan fingerprint density at radius 1 is 1.30 bits per heavy atom. The van der Waals surface area contributed by atoms with E-state index < -0.39 is 17.6 Å². The summed E-state index contributed by atoms with van der Waals surface area (Å²) in [6.45, 7) is -0.0506. The Bertz CT molecular complexity index is 716. The molecule has 5 nitrogen and oxygen atoms in total. The first kappa shape index (κ1) is 16.4. The summed E-state index contributed by atoms with van der Waals surface area (Å²) in [5.74, 6) is 4.85. The van der Waals surface area contributed by atoms with Crippen molar-refractivity contribution in [1.29, 1.82) is 0 Å². The summed E-state index contributed by atoms with van der Waals surface area (Å²) in [4.78, 5) is 11.4. The number of carbonyl (C=O) groups excluding carboxylic acids is 1. The normalized spacial score (nSPS) is 10.6. The second-order valence-corrected chi connectivity index (χ2v) is 4.23. The van der Waals surface area contributed by atoms with Crippen molar-refractivity contribution in [2.45, 2.75) is 6.18 Å². The van der Waals surface area contributed by atoms with Crippen molar-refractivity contribution in [3.8, 4) is 17.6 Å². The van der Waals surface area contributed by atoms with Gasteiger partial charge in [-0.1, -0.05) is 23.1 Å². The molecule has 0 aliphatic rings. The van der Waals surface area contributed by atoms with Crippen molar-refractivity contribution in [2.75, 3.05) is 13.2 Å². The third-order valence-electron chi connectivity index (χ3n) is 2.60. The van der Waals surface area contributed by atoms with Gasteiger partial charge in [-0.2, -0.15) is 13.2 Å². The van der Waals surface area contributed by atoms with Crippen LogP contribution in [0.15, 0.2) is 41.1 Å². The zero-order valence-electron chi connectivity index (χ0n) is 11.7. The summed E-state index contributed by atoms with van der Waals surface area (Å²) < 4.78 is 47.3. The number of halogens is 3. The molecule has 1 N–H and O–H groups in total. The van der Waals surface area contributed by atoms with E-state index in [0.29, 0.717) is 0 Å². The average Bonchev–Trinajstić information content (AvgIpc) is 3.04. The Kier molecular flexibility index (Phi) is 5.25. The fourth-order valence-corrected chi connectivity index (χ4v) is 1.54. The van der Waals surface area contributed by atoms with E-state index >= 15 is 0 Å². The Morgan fingerprint density at radius 2 is 2.13 bits per heavy atom. The quantitative estimate of drug-likeness (QED) is 0.878. The van der Waals surface area contributed by atoms with Crippen LogP contribution in [-0.2, 0) is 6.18 Å². The van der Waals surface area contributed by atoms with Crippen molar-refractivity contribution < 1.29 is 27.2 Å². The number of aromatic nitrogens is 1. The van der Waals surface area contributed by atoms with Gasteiger partial charge in [-0.25, -0.2) is 0 Å². The summed E-state index contributed by atoms with van der Waals surface area (Å²) in [5.41, 5.74) is -0.790. The van der Waals surface area contributed by atoms with E-state index in [2.05, 4.69) is 26.8 Å². The molecule has 1 heterocycles. The van der Waals surface area contributed by atoms with Crippen molar-refractivity contribution >= 4 is 5.91 Å². The molecule has 1 amide bonds. The van der Waals surface area contributed by atoms with Crippen LogP contribution in [0.3, 0.4) is 0 Å². The maximum absolute atomic E-state index is 12.5. The van der Waals surface area contributed by atoms with Crippen LogP contribution >= 0.6 is 0 Å². The molecule has 1 aromatic heterocycles. The van der Waals surface area contributed by atoms with E-state index in [1.807, 2.05) is 0 Å². The molecular weight excluding hydrogens is 313 g/mol. The van der Waals surface area contributed by atoms with Gasteiger partial charge in [0.25, 0.3) is 5.91 Å². The van der Waals surface area contributed by atoms with E-state index in [-0.39, 0.29) is 24.7 Å². The van der Waals surface area contributed by atoms with Gasteiger partial charge in [-0.3, -0.25) is 4.79 Å². The van der Waals surface area contributed by atoms with Gasteiger partial charge in [-0.05, 0) is 18.2 Å². The molecule has 8 heteroatoms. The molecule has 120 valence electrons. The minimum Gasteiger partial charge on any atom is -0.481 e. The van der Waals surface area contributed by atoms with Gasteiger partial charge in [-0.15, -0.1) is 0 Å². The summed E-state index contributed by atoms with van der Waals surface area (Å²) in [6.07, 6.45) is -3.08. The van der Waals surface area contributed by atoms with Crippen LogP contribution in [0.5, 0.6) is 5.75 Å². The Morgan fingerprint density at radius 3 is 2.83 bits per heavy atom. The standard InChI is InChI=1S/C15H11F3N2O3/c16-15(17,18)11-4-3-5-12(10-11)22-9-2-1-7-19-14(21)13-6-8-20-23-13/h3-6,8,10H,7,9H2,(H,19,21). The number of hydrogen-bond donors (Lipinski definition) is 1. The highest BCUT2D eigenvalue weighted by Crippen LogP contribution is 2.31. The van der Waals surface area contributed by atoms with Crippen LogP contribution in [0.25, 0.3) is 0 Å². The van der Waals surface area contributed by atoms with Crippen molar-refractivity contribution in [1.82, 2.24) is 10.5 Å². The highest BCUT2D eigenvalue weighted by molar-refractivity contribution is 5.91. The molecule has 2 rings (SSSR count). The van der Waals surface area contributed by atoms with Crippen molar-refractivity contribution in [3.05, 3.63) is 47.9 Å². The van der Waals surface area contributed by atoms with Gasteiger partial charge in [0.1, 0.15) is 12.4 Å². The molecule has 1 aromatic carbocycles. The fourth-order valence-electron chi connectivity index (χ4n) is 1.54. The minimum absolute atomic E-state index is 0.0471. The smallest absolute Gasteiger partial charge is 0.416 e. The van der Waals surface area contributed by atoms with Gasteiger partial charge in [0.05, 0.1) is 18.3 Å². The second-order valence-electron chi connectivity index (χ2n) is 4.23. The lowest BCUT2D eigenvalue weighted by Crippen LogP contribution is -2.23. The maximum Gasteiger partial charge on any atom is 0.416 e. The van der Waals surface area contributed by atoms with E-state index in [1.165, 1.54) is 24.4 Å². The molecule has 0 saturated heterocycles. The minimum atomic E-state index is -4.42. The van der Waals surface area contributed by atoms with Crippen LogP contribution < -0.4 is 10.1 Å². The highest BCUT2D eigenvalue weighted by Gasteiger charge is 2.30. The average molecular weight is 324 g/mol. The van der Waals surface area contributed by atoms with Crippen LogP contribution in [0.1, 0.15) is 16.1 Å². The number of rotatable bonds is 4. The molecule has 23 heavy (non-hydrogen) atoms. The van der Waals surface area contributed by atoms with E-state index in [4.69, 9.17) is 4.74 Å². The number of nitrogens with one attached hydrogen (secondary N) is 1. The zero-order valence-corrected chi connectivity index (χ0v) is 11.7. The molecule has 0 aliphatic heterocycles. The summed E-state index contributed by atoms with van der Waals surface area (Å²) in [5, 5.41) is 5.85. The van der Waals surface area contributed by atoms with Crippen molar-refractivity contribution in [2.24, 2.45) is 0 Å². The lowest BCUT2D eigenvalue weighted by Gasteiger charge is -2.08. The molecule has 0 unspecified atom stereocenters. The number of carbonyl (C=O) groups is 1. The fraction of sp³-hybridized carbons (Fsp3) is 0.200. The monoisotopic (exact) mass is 324 g/mol. The van der Waals surface area contributed by atoms with Crippen LogP contribution in [0.4, 0.5) is 13.2 Å². The molecule has 0 fully saturated rings. The number of nitrogens with zero attached hydrogens (tertiary/aromatic N) is 1. The predicted molar refractivity (Wildman–Crippen MR) is 73.6 cm³/mol. The summed E-state index contributed by atoms with van der Waals surface area (Å²) >= 11 is 0. The number of ether oxygens (including phenoxy) is 1. The van der Waals surface area contributed by atoms with Crippen LogP contribution in [0.2, 0.25) is 0 Å². The molecule has 0 atom stereocenters. The predicted octanol–water partition coefficient (Wildman–Crippen LogP) is 2.51. The second kappa shape index (κ2) is 7.35. The third-order valence-corrected chi connectivity index (χ3v) is 2.60. The topological polar surface area (TPSA) is 64.4 Å². The molecule has 0 aliphatic carbocycles. The molecule has 0 spiro atoms. The Labute approximate surface area is 129 Å². The first-order valence-electron chi connectivity index (χ1n) is 6.41. The summed E-state index contributed by atoms with van der Waals surface area (Å²) in [6, 6.07) is 5.91. The third kappa shape index (κ3) is 5.07. The maximum atomic E-state index is 12.5. The first-order chi connectivity index (χ1) is 11.0. The van der Waals surface area contributed by atoms with E-state index in [1.54, 1.807) is 0 Å². The Hall–Kier alpha value is -2.95. The molecule has 0 radical (unpaired) electrons. The zero-order chi connectivity index (χ0) is 16.7. The Balaban J connectivity index is 1.77. The lowest BCUT2D eigenvalue weighted by atomic mass is 10.2. The van der Waals surface area contributed by atoms with E-state index in [0.717, 1.165) is 12.1 Å². The van der Waals surface area contributed by atoms with Gasteiger partial charge in [0.15, 0.2) is 0 Å². The van der Waals surface area contributed by atoms with Crippen LogP contribution in [0, 0.1) is 11.8 Å². The van der Waals surface area contributed by atoms with Gasteiger partial charge < -0.3 is 14.6 Å². The lowest BCUT2D eigenvalue weighted by molar-refractivity contribution is -0.137. The molecule has 0 bridgehead atoms. The van der Waals surface area contributed by atoms with E-state index in [9.17, 15) is 18.0 Å². The van der Waals surface area contributed by atoms with Crippen LogP contribution in [-0.4, -0.2) is 24.2 Å². The molecular formula is C15H11F3N2O3. The number of amides is 1. The number of hydrogen-bond acceptors (Lipinski definition) is 4. The first-order valence-corrected chi connectivity index (χ1v) is 6.41. The number of alkyl halides is 3. The van der Waals surface area contributed by atoms with Gasteiger partial charge >= 0.3 is 6.18 Å². The summed E-state index contributed by atoms with van der Waals surface area (Å²) in [7, 11) is 0. The largest absolute Gasteiger partial charge is 0.481 e. The molecule has 0 saturated carbocycles. The van der Waals surface area contributed by atoms with Gasteiger partial charge in [0.2, 0.25) is 5.76 Å². The van der Waals surface area contributed by atoms with Gasteiger partial charge in [0, 0.05) is 6.07 Å². The molecule has 2 aromatic rings. The SMILES string of the molecule is O=C(NCC#CCOc1cccc(C(F)(F)F)c1)c1ccno1.